The van der Waals surface area contributed by atoms with E-state index >= 15 is 0 Å². The van der Waals surface area contributed by atoms with Crippen LogP contribution in [0.1, 0.15) is 29.7 Å². The molecular weight excluding hydrogens is 222 g/mol. The van der Waals surface area contributed by atoms with Crippen LogP contribution in [0.25, 0.3) is 0 Å². The summed E-state index contributed by atoms with van der Waals surface area (Å²) < 4.78 is 2.02. The van der Waals surface area contributed by atoms with Gasteiger partial charge >= 0.3 is 0 Å². The van der Waals surface area contributed by atoms with Gasteiger partial charge in [-0.3, -0.25) is 4.79 Å². The van der Waals surface area contributed by atoms with E-state index in [4.69, 9.17) is 0 Å². The molecule has 0 unspecified atom stereocenters. The molecule has 2 aromatic heterocycles. The Hall–Kier alpha value is -1.49. The highest BCUT2D eigenvalue weighted by molar-refractivity contribution is 7.07. The zero-order valence-electron chi connectivity index (χ0n) is 9.09. The third-order valence-corrected chi connectivity index (χ3v) is 2.89. The monoisotopic (exact) mass is 235 g/mol. The molecule has 0 radical (unpaired) electrons. The first-order valence-corrected chi connectivity index (χ1v) is 6.17. The predicted molar refractivity (Wildman–Crippen MR) is 62.7 cm³/mol. The summed E-state index contributed by atoms with van der Waals surface area (Å²) in [6, 6.07) is 0. The van der Waals surface area contributed by atoms with E-state index in [1.54, 1.807) is 17.1 Å². The summed E-state index contributed by atoms with van der Waals surface area (Å²) in [6.45, 7) is 3.01. The SMILES string of the molecule is CCCn1ccnc1CC(=O)c1cscn1. The van der Waals surface area contributed by atoms with Gasteiger partial charge in [0.05, 0.1) is 11.9 Å². The lowest BCUT2D eigenvalue weighted by atomic mass is 10.2. The Morgan fingerprint density at radius 1 is 1.50 bits per heavy atom. The largest absolute Gasteiger partial charge is 0.335 e. The lowest BCUT2D eigenvalue weighted by Crippen LogP contribution is -2.10. The average Bonchev–Trinajstić information content (AvgIpc) is 2.90. The fourth-order valence-electron chi connectivity index (χ4n) is 1.54. The summed E-state index contributed by atoms with van der Waals surface area (Å²) in [7, 11) is 0. The van der Waals surface area contributed by atoms with E-state index in [0.29, 0.717) is 12.1 Å². The summed E-state index contributed by atoms with van der Waals surface area (Å²) in [5.74, 6) is 0.852. The third kappa shape index (κ3) is 2.36. The van der Waals surface area contributed by atoms with Crippen LogP contribution in [0, 0.1) is 0 Å². The number of aromatic nitrogens is 3. The number of Topliss-reactive ketones (excluding diaryl/α,β-unsaturated/α-hetero) is 1. The average molecular weight is 235 g/mol. The van der Waals surface area contributed by atoms with Crippen molar-refractivity contribution in [2.75, 3.05) is 0 Å². The molecule has 5 heteroatoms. The predicted octanol–water partition coefficient (Wildman–Crippen LogP) is 2.17. The van der Waals surface area contributed by atoms with Crippen molar-refractivity contribution < 1.29 is 4.79 Å². The molecule has 0 spiro atoms. The Morgan fingerprint density at radius 3 is 3.06 bits per heavy atom. The van der Waals surface area contributed by atoms with Crippen molar-refractivity contribution in [1.29, 1.82) is 0 Å². The number of hydrogen-bond donors (Lipinski definition) is 0. The number of carbonyl (C=O) groups excluding carboxylic acids is 1. The van der Waals surface area contributed by atoms with Gasteiger partial charge in [0.1, 0.15) is 11.5 Å². The molecule has 2 aromatic rings. The van der Waals surface area contributed by atoms with Crippen LogP contribution in [0.4, 0.5) is 0 Å². The Balaban J connectivity index is 2.09. The zero-order valence-corrected chi connectivity index (χ0v) is 9.91. The van der Waals surface area contributed by atoms with Crippen molar-refractivity contribution in [3.8, 4) is 0 Å². The second-order valence-electron chi connectivity index (χ2n) is 3.51. The van der Waals surface area contributed by atoms with E-state index < -0.39 is 0 Å². The fourth-order valence-corrected chi connectivity index (χ4v) is 2.09. The van der Waals surface area contributed by atoms with E-state index in [0.717, 1.165) is 18.8 Å². The molecule has 0 saturated heterocycles. The van der Waals surface area contributed by atoms with Gasteiger partial charge in [-0.25, -0.2) is 9.97 Å². The van der Waals surface area contributed by atoms with E-state index in [1.807, 2.05) is 10.8 Å². The second kappa shape index (κ2) is 5.03. The maximum Gasteiger partial charge on any atom is 0.189 e. The number of hydrogen-bond acceptors (Lipinski definition) is 4. The third-order valence-electron chi connectivity index (χ3n) is 2.30. The van der Waals surface area contributed by atoms with Crippen molar-refractivity contribution in [3.05, 3.63) is 34.8 Å². The standard InChI is InChI=1S/C11H13N3OS/c1-2-4-14-5-3-12-11(14)6-10(15)9-7-16-8-13-9/h3,5,7-8H,2,4,6H2,1H3. The van der Waals surface area contributed by atoms with Crippen molar-refractivity contribution in [2.24, 2.45) is 0 Å². The molecule has 0 aliphatic rings. The van der Waals surface area contributed by atoms with Gasteiger partial charge < -0.3 is 4.57 Å². The van der Waals surface area contributed by atoms with Crippen molar-refractivity contribution >= 4 is 17.1 Å². The molecule has 0 aliphatic carbocycles. The molecule has 0 atom stereocenters. The van der Waals surface area contributed by atoms with Crippen LogP contribution in [-0.2, 0) is 13.0 Å². The summed E-state index contributed by atoms with van der Waals surface area (Å²) in [5, 5.41) is 1.77. The smallest absolute Gasteiger partial charge is 0.189 e. The van der Waals surface area contributed by atoms with Gasteiger partial charge in [0.25, 0.3) is 0 Å². The number of nitrogens with zero attached hydrogens (tertiary/aromatic N) is 3. The first kappa shape index (κ1) is 11.0. The molecule has 2 heterocycles. The molecular formula is C11H13N3OS. The minimum absolute atomic E-state index is 0.0322. The lowest BCUT2D eigenvalue weighted by molar-refractivity contribution is 0.0985. The minimum Gasteiger partial charge on any atom is -0.335 e. The highest BCUT2D eigenvalue weighted by atomic mass is 32.1. The molecule has 0 saturated carbocycles. The van der Waals surface area contributed by atoms with Crippen LogP contribution in [0.5, 0.6) is 0 Å². The number of carbonyl (C=O) groups is 1. The molecule has 0 aliphatic heterocycles. The van der Waals surface area contributed by atoms with E-state index in [2.05, 4.69) is 16.9 Å². The molecule has 2 rings (SSSR count). The zero-order chi connectivity index (χ0) is 11.4. The van der Waals surface area contributed by atoms with Gasteiger partial charge in [-0.1, -0.05) is 6.92 Å². The maximum atomic E-state index is 11.8. The molecule has 0 aromatic carbocycles. The van der Waals surface area contributed by atoms with Crippen LogP contribution < -0.4 is 0 Å². The first-order chi connectivity index (χ1) is 7.81. The highest BCUT2D eigenvalue weighted by Crippen LogP contribution is 2.07. The first-order valence-electron chi connectivity index (χ1n) is 5.22. The molecule has 0 bridgehead atoms. The topological polar surface area (TPSA) is 47.8 Å². The molecule has 0 N–H and O–H groups in total. The van der Waals surface area contributed by atoms with Crippen molar-refractivity contribution in [1.82, 2.24) is 14.5 Å². The molecule has 84 valence electrons. The van der Waals surface area contributed by atoms with Gasteiger partial charge in [0.2, 0.25) is 0 Å². The summed E-state index contributed by atoms with van der Waals surface area (Å²) in [4.78, 5) is 20.0. The molecule has 4 nitrogen and oxygen atoms in total. The number of imidazole rings is 1. The maximum absolute atomic E-state index is 11.8. The number of ketones is 1. The summed E-state index contributed by atoms with van der Waals surface area (Å²) in [6.07, 6.45) is 5.01. The number of aryl methyl sites for hydroxylation is 1. The molecule has 0 amide bonds. The minimum atomic E-state index is 0.0322. The van der Waals surface area contributed by atoms with Crippen LogP contribution in [0.3, 0.4) is 0 Å². The number of rotatable bonds is 5. The lowest BCUT2D eigenvalue weighted by Gasteiger charge is -2.04. The highest BCUT2D eigenvalue weighted by Gasteiger charge is 2.12. The Morgan fingerprint density at radius 2 is 2.38 bits per heavy atom. The van der Waals surface area contributed by atoms with Gasteiger partial charge in [0.15, 0.2) is 5.78 Å². The van der Waals surface area contributed by atoms with Gasteiger partial charge in [-0.05, 0) is 6.42 Å². The van der Waals surface area contributed by atoms with Gasteiger partial charge in [-0.15, -0.1) is 11.3 Å². The normalized spacial score (nSPS) is 10.6. The van der Waals surface area contributed by atoms with Gasteiger partial charge in [0, 0.05) is 24.3 Å². The Labute approximate surface area is 98.0 Å². The summed E-state index contributed by atoms with van der Waals surface area (Å²) >= 11 is 1.44. The van der Waals surface area contributed by atoms with Crippen LogP contribution in [-0.4, -0.2) is 20.3 Å². The Kier molecular flexibility index (Phi) is 3.46. The molecule has 16 heavy (non-hydrogen) atoms. The van der Waals surface area contributed by atoms with Crippen LogP contribution in [0.15, 0.2) is 23.3 Å². The van der Waals surface area contributed by atoms with Crippen molar-refractivity contribution in [2.45, 2.75) is 26.3 Å². The van der Waals surface area contributed by atoms with E-state index in [-0.39, 0.29) is 5.78 Å². The quantitative estimate of drug-likeness (QED) is 0.746. The number of thiazole rings is 1. The van der Waals surface area contributed by atoms with Crippen molar-refractivity contribution in [3.63, 3.8) is 0 Å². The van der Waals surface area contributed by atoms with E-state index in [9.17, 15) is 4.79 Å². The second-order valence-corrected chi connectivity index (χ2v) is 4.23. The van der Waals surface area contributed by atoms with E-state index in [1.165, 1.54) is 11.3 Å². The van der Waals surface area contributed by atoms with Gasteiger partial charge in [-0.2, -0.15) is 0 Å². The molecule has 0 fully saturated rings. The van der Waals surface area contributed by atoms with Crippen LogP contribution in [0.2, 0.25) is 0 Å². The fraction of sp³-hybridized carbons (Fsp3) is 0.364. The Bertz CT molecular complexity index is 461. The van der Waals surface area contributed by atoms with Crippen LogP contribution >= 0.6 is 11.3 Å². The summed E-state index contributed by atoms with van der Waals surface area (Å²) in [5.41, 5.74) is 2.21.